The van der Waals surface area contributed by atoms with Gasteiger partial charge in [-0.2, -0.15) is 13.2 Å². The quantitative estimate of drug-likeness (QED) is 0.800. The molecule has 1 amide bonds. The largest absolute Gasteiger partial charge is 0.449 e. The predicted molar refractivity (Wildman–Crippen MR) is 94.1 cm³/mol. The van der Waals surface area contributed by atoms with Crippen LogP contribution in [0, 0.1) is 5.92 Å². The molecule has 27 heavy (non-hydrogen) atoms. The van der Waals surface area contributed by atoms with Crippen LogP contribution in [-0.4, -0.2) is 51.9 Å². The predicted octanol–water partition coefficient (Wildman–Crippen LogP) is 3.24. The lowest BCUT2D eigenvalue weighted by Gasteiger charge is -2.32. The Morgan fingerprint density at radius 2 is 1.81 bits per heavy atom. The average molecular weight is 384 g/mol. The van der Waals surface area contributed by atoms with E-state index in [1.54, 1.807) is 4.90 Å². The summed E-state index contributed by atoms with van der Waals surface area (Å²) < 4.78 is 41.9. The number of carbonyl (C=O) groups excluding carboxylic acids is 1. The van der Waals surface area contributed by atoms with E-state index in [0.717, 1.165) is 32.4 Å². The summed E-state index contributed by atoms with van der Waals surface area (Å²) in [4.78, 5) is 20.5. The summed E-state index contributed by atoms with van der Waals surface area (Å²) in [5.41, 5.74) is 1.16. The summed E-state index contributed by atoms with van der Waals surface area (Å²) in [5.74, 6) is -0.00954. The summed E-state index contributed by atoms with van der Waals surface area (Å²) >= 11 is 0. The van der Waals surface area contributed by atoms with E-state index < -0.39 is 12.0 Å². The molecule has 5 nitrogen and oxygen atoms in total. The second-order valence-electron chi connectivity index (χ2n) is 8.29. The number of likely N-dealkylation sites (tertiary alicyclic amines) is 1. The maximum Gasteiger partial charge on any atom is 0.449 e. The molecule has 1 aromatic rings. The first-order valence-electron chi connectivity index (χ1n) is 9.95. The number of imidazole rings is 1. The summed E-state index contributed by atoms with van der Waals surface area (Å²) in [6, 6.07) is 0. The van der Waals surface area contributed by atoms with Crippen molar-refractivity contribution < 1.29 is 18.0 Å². The molecule has 0 unspecified atom stereocenters. The van der Waals surface area contributed by atoms with Crippen LogP contribution in [0.5, 0.6) is 0 Å². The molecule has 0 atom stereocenters. The van der Waals surface area contributed by atoms with E-state index in [1.165, 1.54) is 17.4 Å². The number of aromatic nitrogens is 2. The number of halogens is 3. The van der Waals surface area contributed by atoms with Gasteiger partial charge in [-0.15, -0.1) is 0 Å². The van der Waals surface area contributed by atoms with Gasteiger partial charge in [0.1, 0.15) is 0 Å². The van der Waals surface area contributed by atoms with Gasteiger partial charge in [0.25, 0.3) is 0 Å². The molecule has 0 bridgehead atoms. The van der Waals surface area contributed by atoms with E-state index in [4.69, 9.17) is 0 Å². The Balaban J connectivity index is 1.57. The lowest BCUT2D eigenvalue weighted by atomic mass is 9.92. The minimum atomic E-state index is -4.46. The number of amides is 1. The van der Waals surface area contributed by atoms with Crippen molar-refractivity contribution in [2.75, 3.05) is 26.7 Å². The fourth-order valence-corrected chi connectivity index (χ4v) is 4.32. The van der Waals surface area contributed by atoms with E-state index in [0.29, 0.717) is 30.3 Å². The van der Waals surface area contributed by atoms with E-state index in [-0.39, 0.29) is 24.9 Å². The summed E-state index contributed by atoms with van der Waals surface area (Å²) in [7, 11) is 2.03. The van der Waals surface area contributed by atoms with Crippen molar-refractivity contribution in [2.24, 2.45) is 5.92 Å². The number of hydrogen-bond acceptors (Lipinski definition) is 3. The lowest BCUT2D eigenvalue weighted by molar-refractivity contribution is -0.148. The van der Waals surface area contributed by atoms with Crippen molar-refractivity contribution in [3.63, 3.8) is 0 Å². The lowest BCUT2D eigenvalue weighted by Crippen LogP contribution is -2.39. The van der Waals surface area contributed by atoms with Gasteiger partial charge in [0.2, 0.25) is 11.7 Å². The molecule has 3 aliphatic rings. The molecule has 1 saturated heterocycles. The van der Waals surface area contributed by atoms with Crippen LogP contribution in [0.15, 0.2) is 0 Å². The Labute approximate surface area is 157 Å². The molecular weight excluding hydrogens is 357 g/mol. The van der Waals surface area contributed by atoms with E-state index in [9.17, 15) is 18.0 Å². The Bertz CT molecular complexity index is 703. The van der Waals surface area contributed by atoms with Crippen molar-refractivity contribution in [3.05, 3.63) is 17.2 Å². The zero-order valence-electron chi connectivity index (χ0n) is 15.8. The molecule has 1 aliphatic carbocycles. The second-order valence-corrected chi connectivity index (χ2v) is 8.29. The van der Waals surface area contributed by atoms with E-state index >= 15 is 0 Å². The standard InChI is InChI=1S/C19H27F3N4O/c1-24-8-6-14(7-9-24)17-15-12-25(16(27)5-4-13-2-3-13)10-11-26(15)18(23-17)19(20,21)22/h13-14H,2-12H2,1H3. The fourth-order valence-electron chi connectivity index (χ4n) is 4.32. The number of carbonyl (C=O) groups is 1. The number of piperidine rings is 1. The molecule has 8 heteroatoms. The second kappa shape index (κ2) is 7.11. The molecule has 0 radical (unpaired) electrons. The minimum absolute atomic E-state index is 0.0417. The first-order chi connectivity index (χ1) is 12.8. The zero-order chi connectivity index (χ0) is 19.2. The number of hydrogen-bond donors (Lipinski definition) is 0. The summed E-state index contributed by atoms with van der Waals surface area (Å²) in [6.45, 7) is 2.50. The summed E-state index contributed by atoms with van der Waals surface area (Å²) in [6.07, 6.45) is 0.987. The SMILES string of the molecule is CN1CCC(c2nc(C(F)(F)F)n3c2CN(C(=O)CCC2CC2)CC3)CC1. The molecule has 0 N–H and O–H groups in total. The first kappa shape index (κ1) is 18.8. The molecule has 3 heterocycles. The smallest absolute Gasteiger partial charge is 0.335 e. The average Bonchev–Trinajstić information content (AvgIpc) is 3.37. The maximum atomic E-state index is 13.5. The van der Waals surface area contributed by atoms with Crippen LogP contribution < -0.4 is 0 Å². The van der Waals surface area contributed by atoms with E-state index in [1.807, 2.05) is 7.05 Å². The van der Waals surface area contributed by atoms with Crippen LogP contribution in [-0.2, 0) is 24.1 Å². The number of nitrogens with zero attached hydrogens (tertiary/aromatic N) is 4. The van der Waals surface area contributed by atoms with Gasteiger partial charge in [0.15, 0.2) is 0 Å². The van der Waals surface area contributed by atoms with Crippen LogP contribution in [0.4, 0.5) is 13.2 Å². The number of fused-ring (bicyclic) bond motifs is 1. The third-order valence-corrected chi connectivity index (χ3v) is 6.21. The van der Waals surface area contributed by atoms with Crippen LogP contribution in [0.1, 0.15) is 61.7 Å². The van der Waals surface area contributed by atoms with E-state index in [2.05, 4.69) is 9.88 Å². The van der Waals surface area contributed by atoms with Crippen molar-refractivity contribution in [1.82, 2.24) is 19.4 Å². The Hall–Kier alpha value is -1.57. The van der Waals surface area contributed by atoms with Gasteiger partial charge in [0, 0.05) is 25.4 Å². The highest BCUT2D eigenvalue weighted by atomic mass is 19.4. The maximum absolute atomic E-state index is 13.5. The number of alkyl halides is 3. The molecule has 2 aliphatic heterocycles. The van der Waals surface area contributed by atoms with Gasteiger partial charge in [0.05, 0.1) is 17.9 Å². The molecule has 1 saturated carbocycles. The van der Waals surface area contributed by atoms with Gasteiger partial charge < -0.3 is 14.4 Å². The Kier molecular flexibility index (Phi) is 4.94. The molecule has 1 aromatic heterocycles. The molecule has 4 rings (SSSR count). The van der Waals surface area contributed by atoms with Crippen LogP contribution in [0.2, 0.25) is 0 Å². The molecule has 0 aromatic carbocycles. The summed E-state index contributed by atoms with van der Waals surface area (Å²) in [5, 5.41) is 0. The van der Waals surface area contributed by atoms with Gasteiger partial charge in [-0.25, -0.2) is 4.98 Å². The zero-order valence-corrected chi connectivity index (χ0v) is 15.8. The topological polar surface area (TPSA) is 41.4 Å². The fraction of sp³-hybridized carbons (Fsp3) is 0.789. The van der Waals surface area contributed by atoms with Gasteiger partial charge in [-0.3, -0.25) is 4.79 Å². The van der Waals surface area contributed by atoms with Crippen LogP contribution in [0.3, 0.4) is 0 Å². The monoisotopic (exact) mass is 384 g/mol. The molecular formula is C19H27F3N4O. The third kappa shape index (κ3) is 4.00. The van der Waals surface area contributed by atoms with Crippen molar-refractivity contribution in [3.8, 4) is 0 Å². The molecule has 2 fully saturated rings. The normalized spacial score (nSPS) is 22.1. The minimum Gasteiger partial charge on any atom is -0.335 e. The molecule has 0 spiro atoms. The number of rotatable bonds is 4. The molecule has 150 valence electrons. The van der Waals surface area contributed by atoms with Gasteiger partial charge in [-0.05, 0) is 45.3 Å². The Morgan fingerprint density at radius 3 is 2.44 bits per heavy atom. The third-order valence-electron chi connectivity index (χ3n) is 6.21. The van der Waals surface area contributed by atoms with Gasteiger partial charge >= 0.3 is 6.18 Å². The van der Waals surface area contributed by atoms with Crippen LogP contribution >= 0.6 is 0 Å². The highest BCUT2D eigenvalue weighted by Crippen LogP contribution is 2.38. The first-order valence-corrected chi connectivity index (χ1v) is 9.95. The van der Waals surface area contributed by atoms with Crippen molar-refractivity contribution in [2.45, 2.75) is 63.7 Å². The van der Waals surface area contributed by atoms with Crippen molar-refractivity contribution in [1.29, 1.82) is 0 Å². The Morgan fingerprint density at radius 1 is 1.11 bits per heavy atom. The van der Waals surface area contributed by atoms with Gasteiger partial charge in [-0.1, -0.05) is 12.8 Å². The highest BCUT2D eigenvalue weighted by molar-refractivity contribution is 5.76. The highest BCUT2D eigenvalue weighted by Gasteiger charge is 2.42. The van der Waals surface area contributed by atoms with Crippen LogP contribution in [0.25, 0.3) is 0 Å². The van der Waals surface area contributed by atoms with Crippen molar-refractivity contribution >= 4 is 5.91 Å².